The van der Waals surface area contributed by atoms with Gasteiger partial charge in [0.2, 0.25) is 0 Å². The van der Waals surface area contributed by atoms with Gasteiger partial charge in [-0.05, 0) is 55.6 Å². The number of rotatable bonds is 2. The summed E-state index contributed by atoms with van der Waals surface area (Å²) in [5.41, 5.74) is 1.12. The Kier molecular flexibility index (Phi) is 4.35. The van der Waals surface area contributed by atoms with E-state index in [0.29, 0.717) is 30.0 Å². The Bertz CT molecular complexity index is 682. The molecule has 1 atom stereocenters. The molecule has 3 rings (SSSR count). The topological polar surface area (TPSA) is 58.6 Å². The molecule has 0 radical (unpaired) electrons. The van der Waals surface area contributed by atoms with Gasteiger partial charge in [0.25, 0.3) is 5.91 Å². The van der Waals surface area contributed by atoms with E-state index in [2.05, 4.69) is 37.2 Å². The third-order valence-electron chi connectivity index (χ3n) is 3.14. The summed E-state index contributed by atoms with van der Waals surface area (Å²) >= 11 is 8.27. The van der Waals surface area contributed by atoms with Crippen LogP contribution in [0, 0.1) is 0 Å². The smallest absolute Gasteiger partial charge is 0.255 e. The predicted octanol–water partition coefficient (Wildman–Crippen LogP) is 3.48. The van der Waals surface area contributed by atoms with Crippen LogP contribution in [0.1, 0.15) is 26.9 Å². The Morgan fingerprint density at radius 3 is 2.86 bits per heavy atom. The number of ether oxygens (including phenoxy) is 1. The summed E-state index contributed by atoms with van der Waals surface area (Å²) in [5, 5.41) is 13.2. The minimum absolute atomic E-state index is 0.176. The van der Waals surface area contributed by atoms with E-state index in [-0.39, 0.29) is 5.91 Å². The number of aliphatic hydroxyl groups is 1. The number of hydrogen-bond acceptors (Lipinski definition) is 4. The molecule has 0 bridgehead atoms. The summed E-state index contributed by atoms with van der Waals surface area (Å²) in [7, 11) is 0. The molecule has 1 aliphatic heterocycles. The number of halogens is 2. The number of hydrogen-bond donors (Lipinski definition) is 2. The first-order valence-corrected chi connectivity index (χ1v) is 8.64. The fraction of sp³-hybridized carbons (Fsp3) is 0.214. The van der Waals surface area contributed by atoms with Crippen molar-refractivity contribution in [2.75, 3.05) is 13.2 Å². The average molecular weight is 433 g/mol. The van der Waals surface area contributed by atoms with Gasteiger partial charge in [-0.2, -0.15) is 0 Å². The minimum atomic E-state index is -0.779. The Balaban J connectivity index is 1.97. The van der Waals surface area contributed by atoms with Gasteiger partial charge >= 0.3 is 0 Å². The third-order valence-corrected chi connectivity index (χ3v) is 6.45. The molecule has 1 unspecified atom stereocenters. The first-order valence-electron chi connectivity index (χ1n) is 6.24. The van der Waals surface area contributed by atoms with Crippen LogP contribution in [0.5, 0.6) is 5.75 Å². The number of thiophene rings is 1. The van der Waals surface area contributed by atoms with Crippen molar-refractivity contribution in [3.8, 4) is 5.75 Å². The summed E-state index contributed by atoms with van der Waals surface area (Å²) in [6, 6.07) is 7.06. The average Bonchev–Trinajstić information content (AvgIpc) is 2.70. The lowest BCUT2D eigenvalue weighted by Crippen LogP contribution is -2.24. The highest BCUT2D eigenvalue weighted by molar-refractivity contribution is 9.13. The van der Waals surface area contributed by atoms with Crippen molar-refractivity contribution in [1.29, 1.82) is 0 Å². The summed E-state index contributed by atoms with van der Waals surface area (Å²) in [4.78, 5) is 12.8. The van der Waals surface area contributed by atoms with Crippen LogP contribution in [0.15, 0.2) is 32.5 Å². The van der Waals surface area contributed by atoms with Crippen molar-refractivity contribution in [3.05, 3.63) is 48.5 Å². The van der Waals surface area contributed by atoms with Gasteiger partial charge < -0.3 is 15.2 Å². The van der Waals surface area contributed by atoms with Crippen molar-refractivity contribution in [2.24, 2.45) is 0 Å². The SMILES string of the molecule is O=C1NCCOc2ccc(C(O)c3cc(Br)c(Br)s3)cc21. The zero-order valence-electron chi connectivity index (χ0n) is 10.7. The molecule has 7 heteroatoms. The van der Waals surface area contributed by atoms with Crippen LogP contribution >= 0.6 is 43.2 Å². The summed E-state index contributed by atoms with van der Waals surface area (Å²) in [5.74, 6) is 0.375. The lowest BCUT2D eigenvalue weighted by molar-refractivity contribution is 0.0957. The maximum atomic E-state index is 12.0. The number of nitrogens with one attached hydrogen (secondary N) is 1. The van der Waals surface area contributed by atoms with Crippen LogP contribution in [0.2, 0.25) is 0 Å². The lowest BCUT2D eigenvalue weighted by Gasteiger charge is -2.12. The van der Waals surface area contributed by atoms with Gasteiger partial charge in [0.15, 0.2) is 0 Å². The van der Waals surface area contributed by atoms with Crippen molar-refractivity contribution in [1.82, 2.24) is 5.32 Å². The molecule has 2 aromatic rings. The Labute approximate surface area is 142 Å². The summed E-state index contributed by atoms with van der Waals surface area (Å²) in [6.45, 7) is 0.932. The van der Waals surface area contributed by atoms with Crippen molar-refractivity contribution < 1.29 is 14.6 Å². The number of carbonyl (C=O) groups is 1. The van der Waals surface area contributed by atoms with Gasteiger partial charge in [0.05, 0.1) is 15.9 Å². The van der Waals surface area contributed by atoms with Crippen LogP contribution in [0.4, 0.5) is 0 Å². The molecule has 2 N–H and O–H groups in total. The normalized spacial score (nSPS) is 15.7. The monoisotopic (exact) mass is 431 g/mol. The number of benzene rings is 1. The second-order valence-corrected chi connectivity index (χ2v) is 7.79. The van der Waals surface area contributed by atoms with Crippen molar-refractivity contribution in [2.45, 2.75) is 6.10 Å². The quantitative estimate of drug-likeness (QED) is 0.763. The van der Waals surface area contributed by atoms with E-state index >= 15 is 0 Å². The molecule has 110 valence electrons. The Morgan fingerprint density at radius 2 is 2.14 bits per heavy atom. The van der Waals surface area contributed by atoms with Crippen molar-refractivity contribution in [3.63, 3.8) is 0 Å². The highest BCUT2D eigenvalue weighted by atomic mass is 79.9. The Hall–Kier alpha value is -0.890. The minimum Gasteiger partial charge on any atom is -0.491 e. The van der Waals surface area contributed by atoms with E-state index < -0.39 is 6.10 Å². The molecule has 1 aromatic heterocycles. The van der Waals surface area contributed by atoms with Gasteiger partial charge in [0.1, 0.15) is 18.5 Å². The molecule has 0 aliphatic carbocycles. The lowest BCUT2D eigenvalue weighted by atomic mass is 10.0. The highest BCUT2D eigenvalue weighted by Gasteiger charge is 2.21. The number of amides is 1. The molecule has 1 aromatic carbocycles. The maximum Gasteiger partial charge on any atom is 0.255 e. The zero-order valence-corrected chi connectivity index (χ0v) is 14.7. The Morgan fingerprint density at radius 1 is 1.33 bits per heavy atom. The molecular formula is C14H11Br2NO3S. The van der Waals surface area contributed by atoms with Crippen LogP contribution in [-0.2, 0) is 0 Å². The second-order valence-electron chi connectivity index (χ2n) is 4.53. The van der Waals surface area contributed by atoms with E-state index in [1.54, 1.807) is 18.2 Å². The van der Waals surface area contributed by atoms with Crippen LogP contribution in [0.25, 0.3) is 0 Å². The van der Waals surface area contributed by atoms with Gasteiger partial charge in [-0.3, -0.25) is 4.79 Å². The molecule has 1 aliphatic rings. The van der Waals surface area contributed by atoms with Gasteiger partial charge in [-0.1, -0.05) is 6.07 Å². The fourth-order valence-corrected chi connectivity index (χ4v) is 4.21. The molecule has 2 heterocycles. The van der Waals surface area contributed by atoms with E-state index in [9.17, 15) is 9.90 Å². The number of fused-ring (bicyclic) bond motifs is 1. The van der Waals surface area contributed by atoms with Gasteiger partial charge in [-0.15, -0.1) is 11.3 Å². The molecule has 4 nitrogen and oxygen atoms in total. The third kappa shape index (κ3) is 3.01. The summed E-state index contributed by atoms with van der Waals surface area (Å²) in [6.07, 6.45) is -0.779. The summed E-state index contributed by atoms with van der Waals surface area (Å²) < 4.78 is 7.33. The predicted molar refractivity (Wildman–Crippen MR) is 88.1 cm³/mol. The van der Waals surface area contributed by atoms with Crippen molar-refractivity contribution >= 4 is 49.1 Å². The fourth-order valence-electron chi connectivity index (χ4n) is 2.10. The van der Waals surface area contributed by atoms with Gasteiger partial charge in [0, 0.05) is 9.35 Å². The second kappa shape index (κ2) is 6.08. The molecule has 0 fully saturated rings. The van der Waals surface area contributed by atoms with Crippen LogP contribution in [0.3, 0.4) is 0 Å². The van der Waals surface area contributed by atoms with E-state index in [1.165, 1.54) is 11.3 Å². The number of carbonyl (C=O) groups excluding carboxylic acids is 1. The first kappa shape index (κ1) is 15.0. The first-order chi connectivity index (χ1) is 10.1. The van der Waals surface area contributed by atoms with Gasteiger partial charge in [-0.25, -0.2) is 0 Å². The van der Waals surface area contributed by atoms with Crippen LogP contribution in [-0.4, -0.2) is 24.2 Å². The zero-order chi connectivity index (χ0) is 15.0. The molecular weight excluding hydrogens is 422 g/mol. The van der Waals surface area contributed by atoms with Crippen LogP contribution < -0.4 is 10.1 Å². The molecule has 1 amide bonds. The van der Waals surface area contributed by atoms with E-state index in [4.69, 9.17) is 4.74 Å². The highest BCUT2D eigenvalue weighted by Crippen LogP contribution is 2.38. The largest absolute Gasteiger partial charge is 0.491 e. The number of aliphatic hydroxyl groups excluding tert-OH is 1. The molecule has 21 heavy (non-hydrogen) atoms. The molecule has 0 saturated heterocycles. The standard InChI is InChI=1S/C14H11Br2NO3S/c15-9-6-11(21-13(9)16)12(18)7-1-2-10-8(5-7)14(19)17-3-4-20-10/h1-2,5-6,12,18H,3-4H2,(H,17,19). The maximum absolute atomic E-state index is 12.0. The van der Waals surface area contributed by atoms with E-state index in [0.717, 1.165) is 13.1 Å². The molecule has 0 saturated carbocycles. The molecule has 0 spiro atoms. The van der Waals surface area contributed by atoms with E-state index in [1.807, 2.05) is 6.07 Å².